The second-order valence-corrected chi connectivity index (χ2v) is 7.98. The third-order valence-electron chi connectivity index (χ3n) is 4.90. The van der Waals surface area contributed by atoms with Crippen LogP contribution in [-0.4, -0.2) is 14.5 Å². The van der Waals surface area contributed by atoms with E-state index in [1.807, 2.05) is 85.1 Å². The van der Waals surface area contributed by atoms with Crippen LogP contribution in [0.25, 0.3) is 39.6 Å². The molecule has 0 aliphatic carbocycles. The first-order valence-electron chi connectivity index (χ1n) is 9.23. The number of H-pyrrole nitrogens is 1. The molecule has 0 unspecified atom stereocenters. The van der Waals surface area contributed by atoms with Gasteiger partial charge >= 0.3 is 0 Å². The average molecular weight is 489 g/mol. The highest BCUT2D eigenvalue weighted by Gasteiger charge is 2.11. The summed E-state index contributed by atoms with van der Waals surface area (Å²) in [6, 6.07) is 23.5. The van der Waals surface area contributed by atoms with Crippen LogP contribution in [0.15, 0.2) is 83.8 Å². The molecular weight excluding hydrogens is 473 g/mol. The van der Waals surface area contributed by atoms with Gasteiger partial charge in [-0.1, -0.05) is 36.4 Å². The molecular formula is C24H16IN3O. The van der Waals surface area contributed by atoms with Crippen LogP contribution in [0.2, 0.25) is 0 Å². The lowest BCUT2D eigenvalue weighted by Gasteiger charge is -2.11. The number of benzene rings is 3. The van der Waals surface area contributed by atoms with E-state index < -0.39 is 0 Å². The molecule has 2 heterocycles. The Kier molecular flexibility index (Phi) is 4.52. The van der Waals surface area contributed by atoms with E-state index in [1.54, 1.807) is 4.57 Å². The molecule has 0 saturated heterocycles. The van der Waals surface area contributed by atoms with Gasteiger partial charge in [-0.05, 0) is 76.7 Å². The molecule has 29 heavy (non-hydrogen) atoms. The summed E-state index contributed by atoms with van der Waals surface area (Å²) in [7, 11) is 0. The first-order chi connectivity index (χ1) is 14.2. The molecule has 0 radical (unpaired) electrons. The van der Waals surface area contributed by atoms with Crippen LogP contribution in [0.1, 0.15) is 11.4 Å². The summed E-state index contributed by atoms with van der Waals surface area (Å²) in [6.45, 7) is 0. The quantitative estimate of drug-likeness (QED) is 0.334. The second kappa shape index (κ2) is 7.33. The molecule has 2 aromatic heterocycles. The summed E-state index contributed by atoms with van der Waals surface area (Å²) in [5.41, 5.74) is 3.55. The molecule has 0 spiro atoms. The highest BCUT2D eigenvalue weighted by Crippen LogP contribution is 2.21. The fraction of sp³-hybridized carbons (Fsp3) is 0. The summed E-state index contributed by atoms with van der Waals surface area (Å²) in [4.78, 5) is 21.4. The van der Waals surface area contributed by atoms with E-state index in [-0.39, 0.29) is 5.56 Å². The Morgan fingerprint density at radius 1 is 0.897 bits per heavy atom. The highest BCUT2D eigenvalue weighted by atomic mass is 127. The van der Waals surface area contributed by atoms with Crippen molar-refractivity contribution >= 4 is 56.5 Å². The van der Waals surface area contributed by atoms with Crippen LogP contribution < -0.4 is 5.56 Å². The lowest BCUT2D eigenvalue weighted by Crippen LogP contribution is -2.22. The predicted molar refractivity (Wildman–Crippen MR) is 127 cm³/mol. The van der Waals surface area contributed by atoms with Crippen molar-refractivity contribution in [3.05, 3.63) is 104 Å². The van der Waals surface area contributed by atoms with Gasteiger partial charge in [-0.15, -0.1) is 0 Å². The summed E-state index contributed by atoms with van der Waals surface area (Å²) in [5, 5.41) is 1.75. The number of aromatic nitrogens is 3. The molecule has 5 heteroatoms. The second-order valence-electron chi connectivity index (χ2n) is 6.73. The molecule has 140 valence electrons. The van der Waals surface area contributed by atoms with E-state index in [1.165, 1.54) is 0 Å². The average Bonchev–Trinajstić information content (AvgIpc) is 3.17. The predicted octanol–water partition coefficient (Wildman–Crippen LogP) is 5.64. The van der Waals surface area contributed by atoms with Crippen LogP contribution in [0.4, 0.5) is 0 Å². The summed E-state index contributed by atoms with van der Waals surface area (Å²) < 4.78 is 2.68. The van der Waals surface area contributed by atoms with Gasteiger partial charge in [0.25, 0.3) is 5.56 Å². The van der Waals surface area contributed by atoms with Crippen molar-refractivity contribution in [2.45, 2.75) is 0 Å². The van der Waals surface area contributed by atoms with E-state index in [9.17, 15) is 4.79 Å². The zero-order valence-electron chi connectivity index (χ0n) is 15.3. The number of nitrogens with one attached hydrogen (secondary N) is 1. The van der Waals surface area contributed by atoms with Crippen molar-refractivity contribution in [3.63, 3.8) is 0 Å². The number of para-hydroxylation sites is 2. The molecule has 5 aromatic rings. The normalized spacial score (nSPS) is 11.6. The van der Waals surface area contributed by atoms with Gasteiger partial charge in [-0.25, -0.2) is 4.98 Å². The number of nitrogens with zero attached hydrogens (tertiary/aromatic N) is 2. The highest BCUT2D eigenvalue weighted by molar-refractivity contribution is 14.1. The van der Waals surface area contributed by atoms with Gasteiger partial charge in [-0.2, -0.15) is 0 Å². The number of hydrogen-bond donors (Lipinski definition) is 1. The minimum atomic E-state index is -0.0710. The molecule has 0 bridgehead atoms. The van der Waals surface area contributed by atoms with Gasteiger partial charge in [0.15, 0.2) is 0 Å². The molecule has 1 N–H and O–H groups in total. The number of hydrogen-bond acceptors (Lipinski definition) is 2. The maximum atomic E-state index is 13.4. The number of halogens is 1. The first-order valence-corrected chi connectivity index (χ1v) is 10.3. The zero-order chi connectivity index (χ0) is 19.8. The molecule has 0 amide bonds. The van der Waals surface area contributed by atoms with Crippen molar-refractivity contribution in [2.24, 2.45) is 0 Å². The number of rotatable bonds is 3. The van der Waals surface area contributed by atoms with Crippen LogP contribution in [0.5, 0.6) is 0 Å². The molecule has 0 aliphatic heterocycles. The van der Waals surface area contributed by atoms with Gasteiger partial charge in [0.2, 0.25) is 0 Å². The topological polar surface area (TPSA) is 50.7 Å². The molecule has 0 aliphatic rings. The maximum absolute atomic E-state index is 13.4. The lowest BCUT2D eigenvalue weighted by atomic mass is 10.1. The lowest BCUT2D eigenvalue weighted by molar-refractivity contribution is 0.944. The van der Waals surface area contributed by atoms with Gasteiger partial charge in [-0.3, -0.25) is 9.36 Å². The summed E-state index contributed by atoms with van der Waals surface area (Å²) >= 11 is 2.22. The Bertz CT molecular complexity index is 1430. The Morgan fingerprint density at radius 2 is 1.69 bits per heavy atom. The van der Waals surface area contributed by atoms with E-state index in [0.29, 0.717) is 16.7 Å². The van der Waals surface area contributed by atoms with Crippen LogP contribution in [-0.2, 0) is 0 Å². The summed E-state index contributed by atoms with van der Waals surface area (Å²) in [5.74, 6) is 0.597. The third-order valence-corrected chi connectivity index (χ3v) is 5.57. The molecule has 5 rings (SSSR count). The number of fused-ring (bicyclic) bond motifs is 2. The minimum absolute atomic E-state index is 0.0710. The molecule has 3 aromatic carbocycles. The van der Waals surface area contributed by atoms with E-state index in [2.05, 4.69) is 33.6 Å². The van der Waals surface area contributed by atoms with Gasteiger partial charge in [0, 0.05) is 20.7 Å². The third kappa shape index (κ3) is 3.27. The number of aromatic amines is 1. The van der Waals surface area contributed by atoms with Crippen molar-refractivity contribution < 1.29 is 0 Å². The van der Waals surface area contributed by atoms with Crippen LogP contribution in [0.3, 0.4) is 0 Å². The molecule has 4 nitrogen and oxygen atoms in total. The smallest absolute Gasteiger partial charge is 0.266 e. The Hall–Kier alpha value is -3.19. The Morgan fingerprint density at radius 3 is 2.55 bits per heavy atom. The van der Waals surface area contributed by atoms with E-state index in [4.69, 9.17) is 4.98 Å². The standard InChI is InChI=1S/C24H16IN3O/c25-17-11-12-22-20(14-17)24(29)28(18-6-2-1-3-7-18)23(27-22)13-10-16-15-26-21-9-5-4-8-19(16)21/h1-15,26H/b13-10+. The SMILES string of the molecule is O=c1c2cc(I)ccc2nc(/C=C/c2c[nH]c3ccccc23)n1-c1ccccc1. The first kappa shape index (κ1) is 17.9. The van der Waals surface area contributed by atoms with Gasteiger partial charge in [0.05, 0.1) is 16.6 Å². The fourth-order valence-electron chi connectivity index (χ4n) is 3.51. The van der Waals surface area contributed by atoms with E-state index >= 15 is 0 Å². The van der Waals surface area contributed by atoms with Crippen molar-refractivity contribution in [3.8, 4) is 5.69 Å². The molecule has 0 atom stereocenters. The Balaban J connectivity index is 1.74. The van der Waals surface area contributed by atoms with Crippen molar-refractivity contribution in [2.75, 3.05) is 0 Å². The van der Waals surface area contributed by atoms with Crippen LogP contribution in [0, 0.1) is 3.57 Å². The van der Waals surface area contributed by atoms with Crippen molar-refractivity contribution in [1.29, 1.82) is 0 Å². The van der Waals surface area contributed by atoms with Gasteiger partial charge < -0.3 is 4.98 Å². The molecule has 0 saturated carbocycles. The zero-order valence-corrected chi connectivity index (χ0v) is 17.5. The van der Waals surface area contributed by atoms with Crippen molar-refractivity contribution in [1.82, 2.24) is 14.5 Å². The summed E-state index contributed by atoms with van der Waals surface area (Å²) in [6.07, 6.45) is 5.87. The molecule has 0 fully saturated rings. The monoisotopic (exact) mass is 489 g/mol. The largest absolute Gasteiger partial charge is 0.361 e. The van der Waals surface area contributed by atoms with Gasteiger partial charge in [0.1, 0.15) is 5.82 Å². The minimum Gasteiger partial charge on any atom is -0.361 e. The van der Waals surface area contributed by atoms with E-state index in [0.717, 1.165) is 25.7 Å². The van der Waals surface area contributed by atoms with Crippen LogP contribution >= 0.6 is 22.6 Å². The fourth-order valence-corrected chi connectivity index (χ4v) is 4.00. The Labute approximate surface area is 180 Å². The maximum Gasteiger partial charge on any atom is 0.266 e.